The number of H-pyrrole nitrogens is 1. The summed E-state index contributed by atoms with van der Waals surface area (Å²) in [6.45, 7) is 2.48. The van der Waals surface area contributed by atoms with Crippen molar-refractivity contribution in [1.82, 2.24) is 20.1 Å². The first-order valence-electron chi connectivity index (χ1n) is 7.66. The third-order valence-electron chi connectivity index (χ3n) is 4.07. The van der Waals surface area contributed by atoms with Gasteiger partial charge in [0.05, 0.1) is 17.5 Å². The van der Waals surface area contributed by atoms with Crippen LogP contribution in [0.4, 0.5) is 0 Å². The van der Waals surface area contributed by atoms with E-state index in [9.17, 15) is 9.59 Å². The number of benzene rings is 1. The molecule has 2 heterocycles. The van der Waals surface area contributed by atoms with Gasteiger partial charge < -0.3 is 4.90 Å². The number of aromatic nitrogens is 3. The third-order valence-corrected chi connectivity index (χ3v) is 4.07. The Labute approximate surface area is 139 Å². The minimum absolute atomic E-state index is 0.0667. The molecule has 3 rings (SSSR count). The van der Waals surface area contributed by atoms with E-state index in [0.29, 0.717) is 23.0 Å². The maximum Gasteiger partial charge on any atom is 0.272 e. The molecule has 0 radical (unpaired) electrons. The van der Waals surface area contributed by atoms with Crippen LogP contribution in [-0.2, 0) is 17.8 Å². The summed E-state index contributed by atoms with van der Waals surface area (Å²) in [5.41, 5.74) is 2.43. The number of rotatable bonds is 4. The predicted octanol–water partition coefficient (Wildman–Crippen LogP) is 1.83. The number of hydrogen-bond donors (Lipinski definition) is 1. The number of aromatic amines is 1. The van der Waals surface area contributed by atoms with Crippen molar-refractivity contribution in [3.8, 4) is 0 Å². The summed E-state index contributed by atoms with van der Waals surface area (Å²) in [6.07, 6.45) is 3.64. The van der Waals surface area contributed by atoms with E-state index in [2.05, 4.69) is 15.2 Å². The highest BCUT2D eigenvalue weighted by Crippen LogP contribution is 2.14. The van der Waals surface area contributed by atoms with Crippen molar-refractivity contribution in [3.63, 3.8) is 0 Å². The largest absolute Gasteiger partial charge is 0.341 e. The lowest BCUT2D eigenvalue weighted by molar-refractivity contribution is -0.129. The molecule has 0 aliphatic carbocycles. The molecule has 0 spiro atoms. The standard InChI is InChI=1S/C18H18N4O2/c1-12-7-8-19-10-13(12)11-22(2)17(23)9-16-14-5-3-4-6-15(14)18(24)21-20-16/h3-8,10H,9,11H2,1-2H3,(H,21,24). The fourth-order valence-electron chi connectivity index (χ4n) is 2.59. The molecule has 0 atom stereocenters. The van der Waals surface area contributed by atoms with Crippen molar-refractivity contribution in [3.05, 3.63) is 69.9 Å². The van der Waals surface area contributed by atoms with Gasteiger partial charge >= 0.3 is 0 Å². The van der Waals surface area contributed by atoms with Crippen LogP contribution in [-0.4, -0.2) is 33.0 Å². The number of pyridine rings is 1. The van der Waals surface area contributed by atoms with Gasteiger partial charge in [0.1, 0.15) is 0 Å². The van der Waals surface area contributed by atoms with Crippen LogP contribution in [0.5, 0.6) is 0 Å². The second-order valence-electron chi connectivity index (χ2n) is 5.77. The zero-order valence-corrected chi connectivity index (χ0v) is 13.6. The molecule has 24 heavy (non-hydrogen) atoms. The number of carbonyl (C=O) groups is 1. The lowest BCUT2D eigenvalue weighted by Crippen LogP contribution is -2.29. The lowest BCUT2D eigenvalue weighted by Gasteiger charge is -2.18. The molecule has 1 aromatic carbocycles. The van der Waals surface area contributed by atoms with Gasteiger partial charge in [-0.05, 0) is 30.2 Å². The smallest absolute Gasteiger partial charge is 0.272 e. The Morgan fingerprint density at radius 2 is 1.96 bits per heavy atom. The molecular formula is C18H18N4O2. The highest BCUT2D eigenvalue weighted by atomic mass is 16.2. The van der Waals surface area contributed by atoms with Gasteiger partial charge in [0.15, 0.2) is 0 Å². The molecule has 6 heteroatoms. The zero-order chi connectivity index (χ0) is 17.1. The Balaban J connectivity index is 1.81. The van der Waals surface area contributed by atoms with E-state index in [1.165, 1.54) is 0 Å². The van der Waals surface area contributed by atoms with Crippen molar-refractivity contribution in [2.24, 2.45) is 0 Å². The number of amides is 1. The van der Waals surface area contributed by atoms with Crippen LogP contribution in [0.2, 0.25) is 0 Å². The molecule has 0 saturated carbocycles. The minimum atomic E-state index is -0.249. The van der Waals surface area contributed by atoms with Crippen LogP contribution in [0, 0.1) is 6.92 Å². The third kappa shape index (κ3) is 3.17. The van der Waals surface area contributed by atoms with Gasteiger partial charge in [0, 0.05) is 31.4 Å². The molecule has 1 amide bonds. The number of carbonyl (C=O) groups excluding carboxylic acids is 1. The number of nitrogens with zero attached hydrogens (tertiary/aromatic N) is 3. The lowest BCUT2D eigenvalue weighted by atomic mass is 10.1. The summed E-state index contributed by atoms with van der Waals surface area (Å²) in [5, 5.41) is 7.77. The van der Waals surface area contributed by atoms with Crippen LogP contribution in [0.25, 0.3) is 10.8 Å². The van der Waals surface area contributed by atoms with Gasteiger partial charge in [-0.1, -0.05) is 18.2 Å². The number of likely N-dealkylation sites (N-methyl/N-ethyl adjacent to an activating group) is 1. The van der Waals surface area contributed by atoms with Crippen molar-refractivity contribution in [1.29, 1.82) is 0 Å². The molecule has 0 fully saturated rings. The van der Waals surface area contributed by atoms with E-state index >= 15 is 0 Å². The molecule has 122 valence electrons. The molecule has 0 saturated heterocycles. The zero-order valence-electron chi connectivity index (χ0n) is 13.6. The van der Waals surface area contributed by atoms with E-state index in [1.54, 1.807) is 36.5 Å². The second-order valence-corrected chi connectivity index (χ2v) is 5.77. The summed E-state index contributed by atoms with van der Waals surface area (Å²) < 4.78 is 0. The van der Waals surface area contributed by atoms with Crippen molar-refractivity contribution < 1.29 is 4.79 Å². The summed E-state index contributed by atoms with van der Waals surface area (Å²) in [5.74, 6) is -0.0667. The van der Waals surface area contributed by atoms with Gasteiger partial charge in [0.2, 0.25) is 5.91 Å². The average Bonchev–Trinajstić information content (AvgIpc) is 2.59. The molecule has 0 bridgehead atoms. The molecule has 0 aliphatic heterocycles. The van der Waals surface area contributed by atoms with Gasteiger partial charge in [0.25, 0.3) is 5.56 Å². The Kier molecular flexibility index (Phi) is 4.37. The molecule has 1 N–H and O–H groups in total. The van der Waals surface area contributed by atoms with Gasteiger partial charge in [-0.15, -0.1) is 0 Å². The Bertz CT molecular complexity index is 949. The fraction of sp³-hybridized carbons (Fsp3) is 0.222. The number of aryl methyl sites for hydroxylation is 1. The molecule has 2 aromatic heterocycles. The number of hydrogen-bond acceptors (Lipinski definition) is 4. The van der Waals surface area contributed by atoms with Crippen molar-refractivity contribution in [2.45, 2.75) is 19.9 Å². The van der Waals surface area contributed by atoms with Crippen molar-refractivity contribution in [2.75, 3.05) is 7.05 Å². The Morgan fingerprint density at radius 3 is 2.71 bits per heavy atom. The molecule has 0 aliphatic rings. The number of fused-ring (bicyclic) bond motifs is 1. The van der Waals surface area contributed by atoms with Crippen LogP contribution >= 0.6 is 0 Å². The van der Waals surface area contributed by atoms with E-state index in [0.717, 1.165) is 11.1 Å². The average molecular weight is 322 g/mol. The van der Waals surface area contributed by atoms with Crippen LogP contribution in [0.1, 0.15) is 16.8 Å². The molecule has 6 nitrogen and oxygen atoms in total. The Hall–Kier alpha value is -3.02. The summed E-state index contributed by atoms with van der Waals surface area (Å²) in [4.78, 5) is 30.1. The second kappa shape index (κ2) is 6.62. The van der Waals surface area contributed by atoms with Crippen LogP contribution in [0.15, 0.2) is 47.5 Å². The highest BCUT2D eigenvalue weighted by Gasteiger charge is 2.15. The maximum atomic E-state index is 12.5. The van der Waals surface area contributed by atoms with E-state index < -0.39 is 0 Å². The normalized spacial score (nSPS) is 10.8. The first-order valence-corrected chi connectivity index (χ1v) is 7.66. The van der Waals surface area contributed by atoms with Crippen LogP contribution in [0.3, 0.4) is 0 Å². The van der Waals surface area contributed by atoms with E-state index in [4.69, 9.17) is 0 Å². The van der Waals surface area contributed by atoms with Crippen molar-refractivity contribution >= 4 is 16.7 Å². The SMILES string of the molecule is Cc1ccncc1CN(C)C(=O)Cc1n[nH]c(=O)c2ccccc12. The first-order chi connectivity index (χ1) is 11.6. The highest BCUT2D eigenvalue weighted by molar-refractivity contribution is 5.88. The van der Waals surface area contributed by atoms with Crippen LogP contribution < -0.4 is 5.56 Å². The summed E-state index contributed by atoms with van der Waals surface area (Å²) in [7, 11) is 1.75. The molecule has 0 unspecified atom stereocenters. The molecule has 3 aromatic rings. The topological polar surface area (TPSA) is 79.0 Å². The van der Waals surface area contributed by atoms with E-state index in [1.807, 2.05) is 25.1 Å². The maximum absolute atomic E-state index is 12.5. The molecular weight excluding hydrogens is 304 g/mol. The number of nitrogens with one attached hydrogen (secondary N) is 1. The predicted molar refractivity (Wildman–Crippen MR) is 91.5 cm³/mol. The summed E-state index contributed by atoms with van der Waals surface area (Å²) >= 11 is 0. The van der Waals surface area contributed by atoms with Gasteiger partial charge in [-0.25, -0.2) is 5.10 Å². The Morgan fingerprint density at radius 1 is 1.21 bits per heavy atom. The monoisotopic (exact) mass is 322 g/mol. The van der Waals surface area contributed by atoms with E-state index in [-0.39, 0.29) is 17.9 Å². The fourth-order valence-corrected chi connectivity index (χ4v) is 2.59. The first kappa shape index (κ1) is 15.9. The van der Waals surface area contributed by atoms with Gasteiger partial charge in [-0.2, -0.15) is 5.10 Å². The quantitative estimate of drug-likeness (QED) is 0.795. The minimum Gasteiger partial charge on any atom is -0.341 e. The van der Waals surface area contributed by atoms with Gasteiger partial charge in [-0.3, -0.25) is 14.6 Å². The summed E-state index contributed by atoms with van der Waals surface area (Å²) in [6, 6.07) is 9.09.